The Labute approximate surface area is 110 Å². The summed E-state index contributed by atoms with van der Waals surface area (Å²) in [6.07, 6.45) is 0.967. The number of nitrogens with zero attached hydrogens (tertiary/aromatic N) is 1. The highest BCUT2D eigenvalue weighted by molar-refractivity contribution is 7.10. The van der Waals surface area contributed by atoms with Crippen LogP contribution in [0.4, 0.5) is 0 Å². The maximum Gasteiger partial charge on any atom is 0.257 e. The van der Waals surface area contributed by atoms with Crippen molar-refractivity contribution in [3.05, 3.63) is 45.0 Å². The fraction of sp³-hybridized carbons (Fsp3) is 0.357. The van der Waals surface area contributed by atoms with Crippen molar-refractivity contribution < 1.29 is 9.21 Å². The van der Waals surface area contributed by atoms with Crippen LogP contribution >= 0.6 is 11.3 Å². The Balaban J connectivity index is 1.85. The number of thiophene rings is 1. The average Bonchev–Trinajstić information content (AvgIpc) is 2.93. The molecular formula is C14H15NO2S. The summed E-state index contributed by atoms with van der Waals surface area (Å²) in [7, 11) is 0. The minimum atomic E-state index is 0.0844. The van der Waals surface area contributed by atoms with E-state index in [-0.39, 0.29) is 5.91 Å². The van der Waals surface area contributed by atoms with Crippen molar-refractivity contribution in [1.82, 2.24) is 4.90 Å². The Morgan fingerprint density at radius 2 is 2.28 bits per heavy atom. The standard InChI is InChI=1S/C14H15NO2S/c1-9-7-12(10(2)17-9)14(16)15-5-3-13-11(8-15)4-6-18-13/h4,6-7H,3,5,8H2,1-2H3. The van der Waals surface area contributed by atoms with E-state index in [1.165, 1.54) is 10.4 Å². The molecule has 0 saturated heterocycles. The molecular weight excluding hydrogens is 246 g/mol. The van der Waals surface area contributed by atoms with Gasteiger partial charge in [0.1, 0.15) is 11.5 Å². The van der Waals surface area contributed by atoms with Crippen LogP contribution < -0.4 is 0 Å². The van der Waals surface area contributed by atoms with Gasteiger partial charge in [-0.2, -0.15) is 0 Å². The number of carbonyl (C=O) groups excluding carboxylic acids is 1. The van der Waals surface area contributed by atoms with Gasteiger partial charge in [-0.25, -0.2) is 0 Å². The number of furan rings is 1. The van der Waals surface area contributed by atoms with Gasteiger partial charge in [-0.1, -0.05) is 0 Å². The van der Waals surface area contributed by atoms with Crippen LogP contribution in [-0.2, 0) is 13.0 Å². The van der Waals surface area contributed by atoms with Gasteiger partial charge in [0.05, 0.1) is 5.56 Å². The molecule has 1 aliphatic heterocycles. The van der Waals surface area contributed by atoms with E-state index < -0.39 is 0 Å². The van der Waals surface area contributed by atoms with Crippen molar-refractivity contribution in [2.45, 2.75) is 26.8 Å². The van der Waals surface area contributed by atoms with E-state index in [1.54, 1.807) is 11.3 Å². The molecule has 0 spiro atoms. The van der Waals surface area contributed by atoms with Gasteiger partial charge in [-0.3, -0.25) is 4.79 Å². The molecule has 0 aliphatic carbocycles. The van der Waals surface area contributed by atoms with Crippen LogP contribution in [-0.4, -0.2) is 17.4 Å². The molecule has 18 heavy (non-hydrogen) atoms. The zero-order valence-electron chi connectivity index (χ0n) is 10.5. The van der Waals surface area contributed by atoms with Crippen LogP contribution in [0.25, 0.3) is 0 Å². The minimum absolute atomic E-state index is 0.0844. The van der Waals surface area contributed by atoms with Gasteiger partial charge in [0.25, 0.3) is 5.91 Å². The topological polar surface area (TPSA) is 33.5 Å². The second-order valence-electron chi connectivity index (χ2n) is 4.67. The van der Waals surface area contributed by atoms with Crippen LogP contribution in [0.1, 0.15) is 32.3 Å². The lowest BCUT2D eigenvalue weighted by molar-refractivity contribution is 0.0734. The quantitative estimate of drug-likeness (QED) is 0.790. The Morgan fingerprint density at radius 3 is 3.00 bits per heavy atom. The molecule has 1 aliphatic rings. The maximum atomic E-state index is 12.4. The predicted molar refractivity (Wildman–Crippen MR) is 70.9 cm³/mol. The van der Waals surface area contributed by atoms with E-state index in [2.05, 4.69) is 11.4 Å². The first-order valence-corrected chi connectivity index (χ1v) is 6.94. The van der Waals surface area contributed by atoms with Gasteiger partial charge >= 0.3 is 0 Å². The molecule has 2 aromatic rings. The Kier molecular flexibility index (Phi) is 2.74. The lowest BCUT2D eigenvalue weighted by Crippen LogP contribution is -2.35. The van der Waals surface area contributed by atoms with E-state index in [9.17, 15) is 4.79 Å². The lowest BCUT2D eigenvalue weighted by Gasteiger charge is -2.26. The van der Waals surface area contributed by atoms with Crippen LogP contribution in [0.5, 0.6) is 0 Å². The Bertz CT molecular complexity index is 597. The van der Waals surface area contributed by atoms with Crippen LogP contribution in [0.3, 0.4) is 0 Å². The number of rotatable bonds is 1. The van der Waals surface area contributed by atoms with Crippen molar-refractivity contribution in [2.75, 3.05) is 6.54 Å². The fourth-order valence-electron chi connectivity index (χ4n) is 2.44. The highest BCUT2D eigenvalue weighted by Crippen LogP contribution is 2.26. The fourth-order valence-corrected chi connectivity index (χ4v) is 3.32. The number of amides is 1. The zero-order chi connectivity index (χ0) is 12.7. The lowest BCUT2D eigenvalue weighted by atomic mass is 10.1. The van der Waals surface area contributed by atoms with E-state index >= 15 is 0 Å². The monoisotopic (exact) mass is 261 g/mol. The summed E-state index contributed by atoms with van der Waals surface area (Å²) in [4.78, 5) is 15.8. The van der Waals surface area contributed by atoms with Gasteiger partial charge < -0.3 is 9.32 Å². The highest BCUT2D eigenvalue weighted by Gasteiger charge is 2.24. The third-order valence-electron chi connectivity index (χ3n) is 3.37. The summed E-state index contributed by atoms with van der Waals surface area (Å²) in [5.74, 6) is 1.60. The molecule has 0 saturated carbocycles. The van der Waals surface area contributed by atoms with Crippen molar-refractivity contribution in [2.24, 2.45) is 0 Å². The molecule has 1 amide bonds. The molecule has 0 unspecified atom stereocenters. The first-order valence-electron chi connectivity index (χ1n) is 6.06. The van der Waals surface area contributed by atoms with Gasteiger partial charge in [-0.05, 0) is 43.3 Å². The van der Waals surface area contributed by atoms with Crippen LogP contribution in [0.2, 0.25) is 0 Å². The second kappa shape index (κ2) is 4.28. The van der Waals surface area contributed by atoms with Gasteiger partial charge in [0.15, 0.2) is 0 Å². The molecule has 0 N–H and O–H groups in total. The molecule has 4 heteroatoms. The number of fused-ring (bicyclic) bond motifs is 1. The molecule has 0 fully saturated rings. The van der Waals surface area contributed by atoms with Gasteiger partial charge in [0.2, 0.25) is 0 Å². The molecule has 0 atom stereocenters. The molecule has 3 heterocycles. The summed E-state index contributed by atoms with van der Waals surface area (Å²) < 4.78 is 5.44. The molecule has 3 nitrogen and oxygen atoms in total. The molecule has 0 radical (unpaired) electrons. The first-order chi connectivity index (χ1) is 8.65. The second-order valence-corrected chi connectivity index (χ2v) is 5.67. The van der Waals surface area contributed by atoms with Gasteiger partial charge in [-0.15, -0.1) is 11.3 Å². The predicted octanol–water partition coefficient (Wildman–Crippen LogP) is 3.16. The molecule has 2 aromatic heterocycles. The average molecular weight is 261 g/mol. The van der Waals surface area contributed by atoms with Crippen molar-refractivity contribution in [1.29, 1.82) is 0 Å². The van der Waals surface area contributed by atoms with E-state index in [0.29, 0.717) is 11.3 Å². The van der Waals surface area contributed by atoms with Crippen molar-refractivity contribution in [3.8, 4) is 0 Å². The maximum absolute atomic E-state index is 12.4. The number of hydrogen-bond donors (Lipinski definition) is 0. The summed E-state index contributed by atoms with van der Waals surface area (Å²) in [6, 6.07) is 3.95. The number of hydrogen-bond acceptors (Lipinski definition) is 3. The summed E-state index contributed by atoms with van der Waals surface area (Å²) in [5, 5.41) is 2.10. The molecule has 0 aromatic carbocycles. The molecule has 3 rings (SSSR count). The summed E-state index contributed by atoms with van der Waals surface area (Å²) >= 11 is 1.79. The largest absolute Gasteiger partial charge is 0.466 e. The smallest absolute Gasteiger partial charge is 0.257 e. The summed E-state index contributed by atoms with van der Waals surface area (Å²) in [5.41, 5.74) is 1.99. The molecule has 94 valence electrons. The first kappa shape index (κ1) is 11.5. The van der Waals surface area contributed by atoms with Crippen LogP contribution in [0.15, 0.2) is 21.9 Å². The van der Waals surface area contributed by atoms with Crippen molar-refractivity contribution in [3.63, 3.8) is 0 Å². The third-order valence-corrected chi connectivity index (χ3v) is 4.39. The Morgan fingerprint density at radius 1 is 1.44 bits per heavy atom. The van der Waals surface area contributed by atoms with E-state index in [4.69, 9.17) is 4.42 Å². The van der Waals surface area contributed by atoms with E-state index in [1.807, 2.05) is 24.8 Å². The summed E-state index contributed by atoms with van der Waals surface area (Å²) in [6.45, 7) is 5.24. The SMILES string of the molecule is Cc1cc(C(=O)N2CCc3sccc3C2)c(C)o1. The third kappa shape index (κ3) is 1.86. The Hall–Kier alpha value is -1.55. The minimum Gasteiger partial charge on any atom is -0.466 e. The van der Waals surface area contributed by atoms with Gasteiger partial charge in [0, 0.05) is 18.0 Å². The highest BCUT2D eigenvalue weighted by atomic mass is 32.1. The van der Waals surface area contributed by atoms with Crippen molar-refractivity contribution >= 4 is 17.2 Å². The molecule has 0 bridgehead atoms. The number of carbonyl (C=O) groups is 1. The zero-order valence-corrected chi connectivity index (χ0v) is 11.3. The van der Waals surface area contributed by atoms with E-state index in [0.717, 1.165) is 25.3 Å². The number of aryl methyl sites for hydroxylation is 2. The normalized spacial score (nSPS) is 14.7. The van der Waals surface area contributed by atoms with Crippen LogP contribution in [0, 0.1) is 13.8 Å².